The molecule has 0 saturated carbocycles. The minimum Gasteiger partial charge on any atom is -0.445 e. The quantitative estimate of drug-likeness (QED) is 0.592. The van der Waals surface area contributed by atoms with E-state index in [0.717, 1.165) is 30.4 Å². The third kappa shape index (κ3) is 6.86. The van der Waals surface area contributed by atoms with Gasteiger partial charge in [-0.3, -0.25) is 0 Å². The lowest BCUT2D eigenvalue weighted by Gasteiger charge is -2.14. The second-order valence-corrected chi connectivity index (χ2v) is 6.21. The Labute approximate surface area is 153 Å². The van der Waals surface area contributed by atoms with Crippen molar-refractivity contribution in [3.8, 4) is 12.3 Å². The topological polar surface area (TPSA) is 51.2 Å². The molecule has 0 radical (unpaired) electrons. The highest BCUT2D eigenvalue weighted by Gasteiger charge is 2.09. The van der Waals surface area contributed by atoms with E-state index in [1.807, 2.05) is 49.4 Å². The van der Waals surface area contributed by atoms with Crippen molar-refractivity contribution in [3.63, 3.8) is 0 Å². The van der Waals surface area contributed by atoms with Crippen LogP contribution in [0.3, 0.4) is 0 Å². The Bertz CT molecular complexity index is 741. The lowest BCUT2D eigenvalue weighted by atomic mass is 10.1. The number of aryl methyl sites for hydroxylation is 1. The van der Waals surface area contributed by atoms with E-state index in [-0.39, 0.29) is 12.6 Å². The van der Waals surface area contributed by atoms with E-state index in [0.29, 0.717) is 10.8 Å². The van der Waals surface area contributed by atoms with Crippen molar-refractivity contribution in [1.82, 2.24) is 10.3 Å². The first-order chi connectivity index (χ1) is 12.1. The van der Waals surface area contributed by atoms with Crippen LogP contribution in [0, 0.1) is 12.3 Å². The van der Waals surface area contributed by atoms with Crippen LogP contribution in [0.1, 0.15) is 36.6 Å². The maximum absolute atomic E-state index is 11.8. The molecular formula is C20H21ClN2O2. The van der Waals surface area contributed by atoms with Gasteiger partial charge in [-0.25, -0.2) is 9.78 Å². The van der Waals surface area contributed by atoms with E-state index >= 15 is 0 Å². The molecule has 1 atom stereocenters. The molecule has 4 nitrogen and oxygen atoms in total. The Kier molecular flexibility index (Phi) is 7.31. The molecule has 5 heteroatoms. The van der Waals surface area contributed by atoms with Crippen molar-refractivity contribution in [3.05, 3.63) is 64.4 Å². The molecule has 0 saturated heterocycles. The Morgan fingerprint density at radius 2 is 2.08 bits per heavy atom. The van der Waals surface area contributed by atoms with Crippen LogP contribution in [0.15, 0.2) is 42.5 Å². The summed E-state index contributed by atoms with van der Waals surface area (Å²) >= 11 is 5.94. The Balaban J connectivity index is 1.70. The minimum absolute atomic E-state index is 0.0210. The third-order valence-electron chi connectivity index (χ3n) is 3.68. The van der Waals surface area contributed by atoms with Gasteiger partial charge < -0.3 is 10.1 Å². The van der Waals surface area contributed by atoms with Gasteiger partial charge in [0.2, 0.25) is 0 Å². The molecule has 0 fully saturated rings. The van der Waals surface area contributed by atoms with Gasteiger partial charge in [-0.2, -0.15) is 0 Å². The molecule has 1 N–H and O–H groups in total. The highest BCUT2D eigenvalue weighted by atomic mass is 35.5. The second-order valence-electron chi connectivity index (χ2n) is 5.83. The van der Waals surface area contributed by atoms with Crippen molar-refractivity contribution in [2.75, 3.05) is 0 Å². The molecule has 2 rings (SSSR count). The number of amides is 1. The van der Waals surface area contributed by atoms with E-state index in [1.54, 1.807) is 0 Å². The first-order valence-electron chi connectivity index (χ1n) is 8.17. The van der Waals surface area contributed by atoms with Gasteiger partial charge in [-0.1, -0.05) is 47.9 Å². The number of nitrogens with zero attached hydrogens (tertiary/aromatic N) is 1. The second kappa shape index (κ2) is 9.71. The number of ether oxygens (including phenoxy) is 1. The van der Waals surface area contributed by atoms with Crippen LogP contribution >= 0.6 is 11.6 Å². The predicted octanol–water partition coefficient (Wildman–Crippen LogP) is 4.35. The molecule has 1 amide bonds. The lowest BCUT2D eigenvalue weighted by Crippen LogP contribution is -2.33. The van der Waals surface area contributed by atoms with Gasteiger partial charge in [0.15, 0.2) is 0 Å². The minimum atomic E-state index is -0.405. The molecule has 0 bridgehead atoms. The summed E-state index contributed by atoms with van der Waals surface area (Å²) in [4.78, 5) is 15.8. The number of alkyl carbamates (subject to hydrolysis) is 1. The van der Waals surface area contributed by atoms with Crippen LogP contribution < -0.4 is 5.32 Å². The Morgan fingerprint density at radius 1 is 1.32 bits per heavy atom. The maximum atomic E-state index is 11.8. The highest BCUT2D eigenvalue weighted by Crippen LogP contribution is 2.13. The van der Waals surface area contributed by atoms with E-state index in [4.69, 9.17) is 22.8 Å². The number of hydrogen-bond donors (Lipinski definition) is 1. The van der Waals surface area contributed by atoms with Gasteiger partial charge in [0.25, 0.3) is 0 Å². The molecule has 0 aliphatic carbocycles. The van der Waals surface area contributed by atoms with Crippen molar-refractivity contribution < 1.29 is 9.53 Å². The molecule has 1 aromatic heterocycles. The normalized spacial score (nSPS) is 11.4. The van der Waals surface area contributed by atoms with Crippen LogP contribution in [-0.4, -0.2) is 17.1 Å². The number of carbonyl (C=O) groups excluding carboxylic acids is 1. The summed E-state index contributed by atoms with van der Waals surface area (Å²) < 4.78 is 5.21. The molecule has 1 heterocycles. The first kappa shape index (κ1) is 18.8. The number of hydrogen-bond acceptors (Lipinski definition) is 3. The zero-order chi connectivity index (χ0) is 18.1. The number of halogens is 1. The summed E-state index contributed by atoms with van der Waals surface area (Å²) in [5.74, 6) is 2.49. The van der Waals surface area contributed by atoms with Crippen LogP contribution in [0.25, 0.3) is 0 Å². The number of nitrogens with one attached hydrogen (secondary N) is 1. The van der Waals surface area contributed by atoms with Gasteiger partial charge >= 0.3 is 6.09 Å². The first-order valence-corrected chi connectivity index (χ1v) is 8.55. The van der Waals surface area contributed by atoms with Gasteiger partial charge in [0.1, 0.15) is 17.5 Å². The predicted molar refractivity (Wildman–Crippen MR) is 99.3 cm³/mol. The summed E-state index contributed by atoms with van der Waals surface area (Å²) in [5, 5.41) is 3.24. The molecule has 130 valence electrons. The molecule has 0 spiro atoms. The van der Waals surface area contributed by atoms with E-state index in [1.165, 1.54) is 0 Å². The van der Waals surface area contributed by atoms with Crippen molar-refractivity contribution in [2.45, 2.75) is 38.8 Å². The average molecular weight is 357 g/mol. The van der Waals surface area contributed by atoms with Gasteiger partial charge in [0.05, 0.1) is 0 Å². The Hall–Kier alpha value is -2.51. The van der Waals surface area contributed by atoms with Gasteiger partial charge in [-0.05, 0) is 49.4 Å². The summed E-state index contributed by atoms with van der Waals surface area (Å²) in [6.45, 7) is 2.22. The zero-order valence-corrected chi connectivity index (χ0v) is 14.9. The lowest BCUT2D eigenvalue weighted by molar-refractivity contribution is 0.136. The fraction of sp³-hybridized carbons (Fsp3) is 0.300. The summed E-state index contributed by atoms with van der Waals surface area (Å²) in [6, 6.07) is 13.3. The summed E-state index contributed by atoms with van der Waals surface area (Å²) in [7, 11) is 0. The molecule has 1 aromatic carbocycles. The number of benzene rings is 1. The number of pyridine rings is 1. The van der Waals surface area contributed by atoms with Crippen molar-refractivity contribution in [1.29, 1.82) is 0 Å². The molecule has 0 aliphatic rings. The SMILES string of the molecule is C#Cc1cc(CCCC(C)NC(=O)OCc2ccccc2)cc(Cl)n1. The van der Waals surface area contributed by atoms with Crippen molar-refractivity contribution >= 4 is 17.7 Å². The van der Waals surface area contributed by atoms with Crippen LogP contribution in [-0.2, 0) is 17.8 Å². The number of terminal acetylenes is 1. The monoisotopic (exact) mass is 356 g/mol. The van der Waals surface area contributed by atoms with E-state index in [2.05, 4.69) is 16.2 Å². The van der Waals surface area contributed by atoms with Crippen molar-refractivity contribution in [2.24, 2.45) is 0 Å². The number of rotatable bonds is 7. The smallest absolute Gasteiger partial charge is 0.407 e. The molecular weight excluding hydrogens is 336 g/mol. The largest absolute Gasteiger partial charge is 0.445 e. The van der Waals surface area contributed by atoms with E-state index in [9.17, 15) is 4.79 Å². The zero-order valence-electron chi connectivity index (χ0n) is 14.2. The standard InChI is InChI=1S/C20H21ClN2O2/c1-3-18-12-17(13-19(21)23-18)11-7-8-15(2)22-20(24)25-14-16-9-5-4-6-10-16/h1,4-6,9-10,12-13,15H,7-8,11,14H2,2H3,(H,22,24). The van der Waals surface area contributed by atoms with Gasteiger partial charge in [-0.15, -0.1) is 6.42 Å². The average Bonchev–Trinajstić information content (AvgIpc) is 2.60. The number of carbonyl (C=O) groups is 1. The van der Waals surface area contributed by atoms with Crippen LogP contribution in [0.2, 0.25) is 5.15 Å². The van der Waals surface area contributed by atoms with E-state index < -0.39 is 6.09 Å². The van der Waals surface area contributed by atoms with Gasteiger partial charge in [0, 0.05) is 6.04 Å². The third-order valence-corrected chi connectivity index (χ3v) is 3.87. The fourth-order valence-corrected chi connectivity index (χ4v) is 2.65. The molecule has 2 aromatic rings. The number of aromatic nitrogens is 1. The maximum Gasteiger partial charge on any atom is 0.407 e. The van der Waals surface area contributed by atoms with Crippen LogP contribution in [0.5, 0.6) is 0 Å². The molecule has 25 heavy (non-hydrogen) atoms. The summed E-state index contributed by atoms with van der Waals surface area (Å²) in [6.07, 6.45) is 7.49. The van der Waals surface area contributed by atoms with Crippen LogP contribution in [0.4, 0.5) is 4.79 Å². The fourth-order valence-electron chi connectivity index (χ4n) is 2.42. The highest BCUT2D eigenvalue weighted by molar-refractivity contribution is 6.29. The molecule has 1 unspecified atom stereocenters. The molecule has 0 aliphatic heterocycles. The Morgan fingerprint density at radius 3 is 2.80 bits per heavy atom. The summed E-state index contributed by atoms with van der Waals surface area (Å²) in [5.41, 5.74) is 2.55.